The number of rotatable bonds is 4. The third-order valence-electron chi connectivity index (χ3n) is 2.25. The molecule has 0 amide bonds. The lowest BCUT2D eigenvalue weighted by molar-refractivity contribution is -0.309. The minimum atomic E-state index is -1.40. The number of carbonyl (C=O) groups is 2. The van der Waals surface area contributed by atoms with E-state index in [9.17, 15) is 9.59 Å². The van der Waals surface area contributed by atoms with E-state index in [0.717, 1.165) is 11.1 Å². The maximum atomic E-state index is 11.3. The molecule has 0 radical (unpaired) electrons. The van der Waals surface area contributed by atoms with Crippen molar-refractivity contribution in [2.24, 2.45) is 0 Å². The van der Waals surface area contributed by atoms with Crippen molar-refractivity contribution in [1.29, 1.82) is 0 Å². The van der Waals surface area contributed by atoms with Crippen LogP contribution < -0.4 is 0 Å². The number of methoxy groups -OCH3 is 2. The normalized spacial score (nSPS) is 10.7. The molecule has 1 rings (SSSR count). The first-order valence-corrected chi connectivity index (χ1v) is 5.29. The monoisotopic (exact) mass is 251 g/mol. The summed E-state index contributed by atoms with van der Waals surface area (Å²) in [6.07, 6.45) is -0.0842. The molecule has 0 aliphatic rings. The number of esters is 2. The van der Waals surface area contributed by atoms with Gasteiger partial charge in [-0.05, 0) is 19.1 Å². The van der Waals surface area contributed by atoms with Crippen LogP contribution in [0.15, 0.2) is 24.3 Å². The number of hydrogen-bond acceptors (Lipinski definition) is 4. The lowest BCUT2D eigenvalue weighted by Crippen LogP contribution is -2.31. The Bertz CT molecular complexity index is 431. The topological polar surface area (TPSA) is 63.9 Å². The summed E-state index contributed by atoms with van der Waals surface area (Å²) in [7, 11) is 2.35. The van der Waals surface area contributed by atoms with Gasteiger partial charge in [0, 0.05) is 0 Å². The zero-order chi connectivity index (χ0) is 13.5. The van der Waals surface area contributed by atoms with E-state index in [-0.39, 0.29) is 0 Å². The van der Waals surface area contributed by atoms with Crippen molar-refractivity contribution in [2.45, 2.75) is 13.0 Å². The average Bonchev–Trinajstić information content (AvgIpc) is 2.40. The average molecular weight is 251 g/mol. The molecule has 5 heteroatoms. The molecule has 0 bridgehead atoms. The van der Waals surface area contributed by atoms with Crippen LogP contribution in [-0.4, -0.2) is 38.5 Å². The van der Waals surface area contributed by atoms with Gasteiger partial charge >= 0.3 is 24.3 Å². The largest absolute Gasteiger partial charge is 0.462 e. The molecule has 0 fully saturated rings. The van der Waals surface area contributed by atoms with Gasteiger partial charge in [0.05, 0.1) is 19.8 Å². The van der Waals surface area contributed by atoms with Gasteiger partial charge in [-0.25, -0.2) is 14.0 Å². The summed E-state index contributed by atoms with van der Waals surface area (Å²) in [5.41, 5.74) is 1.84. The minimum Gasteiger partial charge on any atom is -0.462 e. The van der Waals surface area contributed by atoms with Crippen LogP contribution in [0.1, 0.15) is 15.6 Å². The number of aldehydes is 1. The number of carbonyl (C=O) groups excluding carboxylic acids is 3. The van der Waals surface area contributed by atoms with Crippen LogP contribution >= 0.6 is 0 Å². The maximum absolute atomic E-state index is 11.3. The molecule has 0 unspecified atom stereocenters. The van der Waals surface area contributed by atoms with Gasteiger partial charge in [-0.3, -0.25) is 0 Å². The van der Waals surface area contributed by atoms with E-state index in [0.29, 0.717) is 0 Å². The molecule has 0 aliphatic carbocycles. The molecule has 0 atom stereocenters. The summed E-state index contributed by atoms with van der Waals surface area (Å²) >= 11 is 0. The Morgan fingerprint density at radius 1 is 1.11 bits per heavy atom. The molecule has 0 aromatic heterocycles. The van der Waals surface area contributed by atoms with Crippen molar-refractivity contribution in [1.82, 2.24) is 0 Å². The Labute approximate surface area is 105 Å². The highest BCUT2D eigenvalue weighted by Crippen LogP contribution is 2.02. The van der Waals surface area contributed by atoms with Crippen LogP contribution in [0.25, 0.3) is 0 Å². The fraction of sp³-hybridized carbons (Fsp3) is 0.308. The van der Waals surface area contributed by atoms with E-state index in [1.54, 1.807) is 12.1 Å². The standard InChI is InChI=1S/C13H15O5/c1-9-4-6-10(7-5-9)8-18-11(12(14)16-2)13(15)17-3/h4-8,11H,1-3H3/q+1. The molecular formula is C13H15O5+. The van der Waals surface area contributed by atoms with E-state index in [4.69, 9.17) is 4.42 Å². The first-order valence-electron chi connectivity index (χ1n) is 5.29. The smallest absolute Gasteiger partial charge is 0.460 e. The molecule has 0 heterocycles. The Hall–Kier alpha value is -2.17. The van der Waals surface area contributed by atoms with E-state index in [2.05, 4.69) is 9.47 Å². The summed E-state index contributed by atoms with van der Waals surface area (Å²) in [5, 5.41) is 0. The number of aryl methyl sites for hydroxylation is 1. The highest BCUT2D eigenvalue weighted by molar-refractivity contribution is 5.97. The zero-order valence-electron chi connectivity index (χ0n) is 10.5. The number of benzene rings is 1. The SMILES string of the molecule is COC(=O)C([O+]=Cc1ccc(C)cc1)C(=O)OC. The van der Waals surface area contributed by atoms with Gasteiger partial charge in [0.2, 0.25) is 0 Å². The van der Waals surface area contributed by atoms with Crippen molar-refractivity contribution in [3.63, 3.8) is 0 Å². The van der Waals surface area contributed by atoms with Crippen LogP contribution in [0.2, 0.25) is 0 Å². The summed E-state index contributed by atoms with van der Waals surface area (Å²) in [6, 6.07) is 7.39. The molecule has 96 valence electrons. The van der Waals surface area contributed by atoms with Crippen LogP contribution in [0, 0.1) is 6.92 Å². The van der Waals surface area contributed by atoms with Crippen LogP contribution in [0.5, 0.6) is 0 Å². The quantitative estimate of drug-likeness (QED) is 0.347. The van der Waals surface area contributed by atoms with Gasteiger partial charge in [0.25, 0.3) is 0 Å². The van der Waals surface area contributed by atoms with Crippen LogP contribution in [0.4, 0.5) is 0 Å². The summed E-state index contributed by atoms with van der Waals surface area (Å²) in [6.45, 7) is 1.95. The summed E-state index contributed by atoms with van der Waals surface area (Å²) in [5.74, 6) is -1.60. The Morgan fingerprint density at radius 2 is 1.61 bits per heavy atom. The molecular weight excluding hydrogens is 236 g/mol. The highest BCUT2D eigenvalue weighted by atomic mass is 16.6. The molecule has 0 aliphatic heterocycles. The van der Waals surface area contributed by atoms with Gasteiger partial charge in [0.1, 0.15) is 0 Å². The Morgan fingerprint density at radius 3 is 2.06 bits per heavy atom. The Balaban J connectivity index is 2.86. The predicted octanol–water partition coefficient (Wildman–Crippen LogP) is 1.06. The molecule has 0 spiro atoms. The highest BCUT2D eigenvalue weighted by Gasteiger charge is 2.38. The molecule has 1 aromatic carbocycles. The molecule has 0 saturated carbocycles. The molecule has 0 saturated heterocycles. The van der Waals surface area contributed by atoms with Gasteiger partial charge in [0.15, 0.2) is 0 Å². The van der Waals surface area contributed by atoms with Gasteiger partial charge in [-0.2, -0.15) is 0 Å². The maximum Gasteiger partial charge on any atom is 0.460 e. The fourth-order valence-corrected chi connectivity index (χ4v) is 1.21. The second kappa shape index (κ2) is 6.54. The molecule has 5 nitrogen and oxygen atoms in total. The molecule has 0 N–H and O–H groups in total. The number of hydrogen-bond donors (Lipinski definition) is 0. The van der Waals surface area contributed by atoms with Gasteiger partial charge in [-0.15, -0.1) is 0 Å². The van der Waals surface area contributed by atoms with Crippen molar-refractivity contribution < 1.29 is 23.5 Å². The van der Waals surface area contributed by atoms with E-state index < -0.39 is 18.0 Å². The van der Waals surface area contributed by atoms with Gasteiger partial charge < -0.3 is 9.47 Å². The molecule has 1 aromatic rings. The van der Waals surface area contributed by atoms with Crippen molar-refractivity contribution in [3.8, 4) is 0 Å². The second-order valence-corrected chi connectivity index (χ2v) is 3.59. The van der Waals surface area contributed by atoms with E-state index in [1.165, 1.54) is 20.5 Å². The van der Waals surface area contributed by atoms with Crippen molar-refractivity contribution >= 4 is 18.2 Å². The zero-order valence-corrected chi connectivity index (χ0v) is 10.5. The fourth-order valence-electron chi connectivity index (χ4n) is 1.21. The van der Waals surface area contributed by atoms with Crippen molar-refractivity contribution in [3.05, 3.63) is 35.4 Å². The lowest BCUT2D eigenvalue weighted by Gasteiger charge is -1.99. The Kier molecular flexibility index (Phi) is 5.05. The second-order valence-electron chi connectivity index (χ2n) is 3.59. The van der Waals surface area contributed by atoms with E-state index in [1.807, 2.05) is 19.1 Å². The third-order valence-corrected chi connectivity index (χ3v) is 2.25. The van der Waals surface area contributed by atoms with Gasteiger partial charge in [-0.1, -0.05) is 17.7 Å². The molecule has 18 heavy (non-hydrogen) atoms. The van der Waals surface area contributed by atoms with Crippen LogP contribution in [-0.2, 0) is 19.1 Å². The van der Waals surface area contributed by atoms with E-state index >= 15 is 0 Å². The first-order chi connectivity index (χ1) is 8.58. The third kappa shape index (κ3) is 3.69. The predicted molar refractivity (Wildman–Crippen MR) is 64.4 cm³/mol. The lowest BCUT2D eigenvalue weighted by atomic mass is 10.2. The minimum absolute atomic E-state index is 0.735. The van der Waals surface area contributed by atoms with Crippen LogP contribution in [0.3, 0.4) is 0 Å². The first kappa shape index (κ1) is 13.9. The van der Waals surface area contributed by atoms with Crippen molar-refractivity contribution in [2.75, 3.05) is 14.2 Å². The summed E-state index contributed by atoms with van der Waals surface area (Å²) < 4.78 is 14.0. The number of ether oxygens (including phenoxy) is 2. The summed E-state index contributed by atoms with van der Waals surface area (Å²) in [4.78, 5) is 22.6.